The molecule has 6 nitrogen and oxygen atoms in total. The number of anilines is 1. The highest BCUT2D eigenvalue weighted by atomic mass is 16.6. The monoisotopic (exact) mass is 308 g/mol. The number of unbranched alkanes of at least 4 members (excludes halogenated alkanes) is 5. The summed E-state index contributed by atoms with van der Waals surface area (Å²) >= 11 is 0. The van der Waals surface area contributed by atoms with E-state index in [9.17, 15) is 14.9 Å². The predicted octanol–water partition coefficient (Wildman–Crippen LogP) is 4.29. The van der Waals surface area contributed by atoms with Crippen LogP contribution in [0.15, 0.2) is 18.2 Å². The maximum Gasteiger partial charge on any atom is 0.271 e. The predicted molar refractivity (Wildman–Crippen MR) is 86.3 cm³/mol. The Hall–Kier alpha value is -2.11. The van der Waals surface area contributed by atoms with Crippen molar-refractivity contribution in [3.05, 3.63) is 28.3 Å². The molecule has 0 unspecified atom stereocenters. The lowest BCUT2D eigenvalue weighted by Crippen LogP contribution is -2.09. The Kier molecular flexibility index (Phi) is 7.96. The van der Waals surface area contributed by atoms with Crippen LogP contribution in [0.1, 0.15) is 52.4 Å². The van der Waals surface area contributed by atoms with Crippen molar-refractivity contribution in [1.29, 1.82) is 0 Å². The first-order valence-corrected chi connectivity index (χ1v) is 7.73. The van der Waals surface area contributed by atoms with Crippen LogP contribution in [-0.2, 0) is 4.79 Å². The lowest BCUT2D eigenvalue weighted by atomic mass is 10.1. The Morgan fingerprint density at radius 2 is 1.91 bits per heavy atom. The van der Waals surface area contributed by atoms with Crippen LogP contribution in [0.25, 0.3) is 0 Å². The van der Waals surface area contributed by atoms with Crippen molar-refractivity contribution in [3.63, 3.8) is 0 Å². The zero-order valence-electron chi connectivity index (χ0n) is 13.3. The number of nitro groups is 1. The number of ether oxygens (including phenoxy) is 1. The molecular weight excluding hydrogens is 284 g/mol. The fourth-order valence-corrected chi connectivity index (χ4v) is 2.11. The zero-order valence-corrected chi connectivity index (χ0v) is 13.3. The quantitative estimate of drug-likeness (QED) is 0.397. The minimum absolute atomic E-state index is 0.0735. The van der Waals surface area contributed by atoms with Crippen molar-refractivity contribution in [3.8, 4) is 5.75 Å². The van der Waals surface area contributed by atoms with Crippen molar-refractivity contribution in [2.75, 3.05) is 11.9 Å². The van der Waals surface area contributed by atoms with E-state index in [4.69, 9.17) is 4.74 Å². The summed E-state index contributed by atoms with van der Waals surface area (Å²) < 4.78 is 5.64. The molecule has 0 spiro atoms. The van der Waals surface area contributed by atoms with Crippen LogP contribution in [-0.4, -0.2) is 17.4 Å². The van der Waals surface area contributed by atoms with E-state index in [1.165, 1.54) is 50.8 Å². The third-order valence-electron chi connectivity index (χ3n) is 3.24. The van der Waals surface area contributed by atoms with Gasteiger partial charge in [0.2, 0.25) is 5.91 Å². The molecule has 22 heavy (non-hydrogen) atoms. The van der Waals surface area contributed by atoms with Gasteiger partial charge in [-0.25, -0.2) is 0 Å². The Morgan fingerprint density at radius 1 is 1.23 bits per heavy atom. The summed E-state index contributed by atoms with van der Waals surface area (Å²) in [4.78, 5) is 21.5. The number of carbonyl (C=O) groups excluding carboxylic acids is 1. The fraction of sp³-hybridized carbons (Fsp3) is 0.562. The van der Waals surface area contributed by atoms with Gasteiger partial charge < -0.3 is 10.1 Å². The Morgan fingerprint density at radius 3 is 2.55 bits per heavy atom. The molecule has 0 radical (unpaired) electrons. The van der Waals surface area contributed by atoms with Crippen molar-refractivity contribution >= 4 is 17.3 Å². The zero-order chi connectivity index (χ0) is 16.4. The average molecular weight is 308 g/mol. The fourth-order valence-electron chi connectivity index (χ4n) is 2.11. The van der Waals surface area contributed by atoms with Crippen LogP contribution in [0.4, 0.5) is 11.4 Å². The van der Waals surface area contributed by atoms with Crippen molar-refractivity contribution in [1.82, 2.24) is 0 Å². The second-order valence-corrected chi connectivity index (χ2v) is 5.23. The van der Waals surface area contributed by atoms with E-state index < -0.39 is 4.92 Å². The molecule has 0 heterocycles. The van der Waals surface area contributed by atoms with Crippen LogP contribution in [0.3, 0.4) is 0 Å². The second kappa shape index (κ2) is 9.76. The van der Waals surface area contributed by atoms with Gasteiger partial charge in [-0.15, -0.1) is 0 Å². The van der Waals surface area contributed by atoms with Crippen LogP contribution in [0.2, 0.25) is 0 Å². The summed E-state index contributed by atoms with van der Waals surface area (Å²) in [5.74, 6) is 0.180. The molecule has 0 saturated carbocycles. The first-order valence-electron chi connectivity index (χ1n) is 7.73. The second-order valence-electron chi connectivity index (χ2n) is 5.23. The van der Waals surface area contributed by atoms with E-state index in [-0.39, 0.29) is 11.6 Å². The first kappa shape index (κ1) is 17.9. The van der Waals surface area contributed by atoms with Gasteiger partial charge in [-0.2, -0.15) is 0 Å². The molecule has 0 aliphatic rings. The van der Waals surface area contributed by atoms with Gasteiger partial charge in [-0.05, 0) is 12.5 Å². The Bertz CT molecular complexity index is 503. The molecule has 0 aliphatic carbocycles. The topological polar surface area (TPSA) is 81.5 Å². The molecule has 1 N–H and O–H groups in total. The molecule has 0 aromatic heterocycles. The largest absolute Gasteiger partial charge is 0.491 e. The summed E-state index contributed by atoms with van der Waals surface area (Å²) in [6.07, 6.45) is 6.94. The smallest absolute Gasteiger partial charge is 0.271 e. The van der Waals surface area contributed by atoms with Crippen LogP contribution in [0, 0.1) is 10.1 Å². The molecule has 0 saturated heterocycles. The summed E-state index contributed by atoms with van der Waals surface area (Å²) in [5.41, 5.74) is 0.267. The molecule has 122 valence electrons. The number of nitrogens with zero attached hydrogens (tertiary/aromatic N) is 1. The molecule has 1 amide bonds. The maximum absolute atomic E-state index is 11.2. The van der Waals surface area contributed by atoms with Gasteiger partial charge in [0.05, 0.1) is 17.2 Å². The van der Waals surface area contributed by atoms with E-state index in [1.807, 2.05) is 0 Å². The SMILES string of the molecule is CCCCCCCCOc1ccc([N+](=O)[O-])cc1NC(C)=O. The number of carbonyl (C=O) groups is 1. The molecule has 6 heteroatoms. The van der Waals surface area contributed by atoms with Gasteiger partial charge in [0.25, 0.3) is 5.69 Å². The third kappa shape index (κ3) is 6.56. The highest BCUT2D eigenvalue weighted by Crippen LogP contribution is 2.29. The van der Waals surface area contributed by atoms with Crippen molar-refractivity contribution in [2.24, 2.45) is 0 Å². The van der Waals surface area contributed by atoms with Gasteiger partial charge in [0.15, 0.2) is 0 Å². The number of hydrogen-bond acceptors (Lipinski definition) is 4. The molecule has 1 aromatic rings. The van der Waals surface area contributed by atoms with Crippen LogP contribution in [0.5, 0.6) is 5.75 Å². The molecule has 1 aromatic carbocycles. The van der Waals surface area contributed by atoms with Gasteiger partial charge in [-0.3, -0.25) is 14.9 Å². The molecule has 0 aliphatic heterocycles. The molecule has 0 atom stereocenters. The van der Waals surface area contributed by atoms with Crippen LogP contribution < -0.4 is 10.1 Å². The highest BCUT2D eigenvalue weighted by molar-refractivity contribution is 5.90. The summed E-state index contributed by atoms with van der Waals surface area (Å²) in [5, 5.41) is 13.4. The summed E-state index contributed by atoms with van der Waals surface area (Å²) in [6, 6.07) is 4.22. The van der Waals surface area contributed by atoms with Crippen molar-refractivity contribution < 1.29 is 14.5 Å². The average Bonchev–Trinajstić information content (AvgIpc) is 2.46. The van der Waals surface area contributed by atoms with Gasteiger partial charge in [-0.1, -0.05) is 39.0 Å². The number of benzene rings is 1. The van der Waals surface area contributed by atoms with Crippen molar-refractivity contribution in [2.45, 2.75) is 52.4 Å². The van der Waals surface area contributed by atoms with E-state index in [1.54, 1.807) is 0 Å². The Balaban J connectivity index is 2.53. The Labute approximate surface area is 131 Å². The highest BCUT2D eigenvalue weighted by Gasteiger charge is 2.12. The minimum atomic E-state index is -0.497. The summed E-state index contributed by atoms with van der Waals surface area (Å²) in [7, 11) is 0. The van der Waals surface area contributed by atoms with Crippen LogP contribution >= 0.6 is 0 Å². The lowest BCUT2D eigenvalue weighted by Gasteiger charge is -2.11. The lowest BCUT2D eigenvalue weighted by molar-refractivity contribution is -0.384. The van der Waals surface area contributed by atoms with Gasteiger partial charge >= 0.3 is 0 Å². The standard InChI is InChI=1S/C16H24N2O4/c1-3-4-5-6-7-8-11-22-16-10-9-14(18(20)21)12-15(16)17-13(2)19/h9-10,12H,3-8,11H2,1-2H3,(H,17,19). The molecule has 0 fully saturated rings. The third-order valence-corrected chi connectivity index (χ3v) is 3.24. The number of nitrogens with one attached hydrogen (secondary N) is 1. The van der Waals surface area contributed by atoms with E-state index in [2.05, 4.69) is 12.2 Å². The number of hydrogen-bond donors (Lipinski definition) is 1. The van der Waals surface area contributed by atoms with Gasteiger partial charge in [0.1, 0.15) is 5.75 Å². The first-order chi connectivity index (χ1) is 10.5. The number of non-ortho nitro benzene ring substituents is 1. The maximum atomic E-state index is 11.2. The number of rotatable bonds is 10. The van der Waals surface area contributed by atoms with E-state index in [0.29, 0.717) is 18.0 Å². The molecule has 0 bridgehead atoms. The molecular formula is C16H24N2O4. The number of amides is 1. The minimum Gasteiger partial charge on any atom is -0.491 e. The van der Waals surface area contributed by atoms with E-state index >= 15 is 0 Å². The molecule has 1 rings (SSSR count). The normalized spacial score (nSPS) is 10.3. The van der Waals surface area contributed by atoms with E-state index in [0.717, 1.165) is 12.8 Å². The number of nitro benzene ring substituents is 1. The summed E-state index contributed by atoms with van der Waals surface area (Å²) in [6.45, 7) is 4.08. The van der Waals surface area contributed by atoms with Gasteiger partial charge in [0, 0.05) is 19.1 Å².